The van der Waals surface area contributed by atoms with Gasteiger partial charge in [-0.2, -0.15) is 10.0 Å². The number of hydrogen-bond donors (Lipinski definition) is 0. The Labute approximate surface area is 78.1 Å². The van der Waals surface area contributed by atoms with Crippen molar-refractivity contribution in [3.8, 4) is 0 Å². The number of rotatable bonds is 5. The molecule has 0 aromatic heterocycles. The molecule has 0 aliphatic carbocycles. The lowest BCUT2D eigenvalue weighted by Crippen LogP contribution is -2.12. The summed E-state index contributed by atoms with van der Waals surface area (Å²) >= 11 is 0. The lowest BCUT2D eigenvalue weighted by Gasteiger charge is -2.28. The van der Waals surface area contributed by atoms with Crippen molar-refractivity contribution in [1.29, 1.82) is 0 Å². The molecule has 1 saturated heterocycles. The molecular weight excluding hydrogens is 166 g/mol. The van der Waals surface area contributed by atoms with E-state index in [0.717, 1.165) is 0 Å². The van der Waals surface area contributed by atoms with Gasteiger partial charge in [0.1, 0.15) is 0 Å². The average molecular weight is 187 g/mol. The second-order valence-corrected chi connectivity index (χ2v) is 7.59. The van der Waals surface area contributed by atoms with Crippen LogP contribution in [0.5, 0.6) is 0 Å². The Morgan fingerprint density at radius 2 is 2.00 bits per heavy atom. The maximum atomic E-state index is 4.20. The van der Waals surface area contributed by atoms with E-state index in [0.29, 0.717) is 0 Å². The predicted molar refractivity (Wildman–Crippen MR) is 59.9 cm³/mol. The van der Waals surface area contributed by atoms with Crippen molar-refractivity contribution < 1.29 is 0 Å². The first-order valence-corrected chi connectivity index (χ1v) is 6.89. The summed E-state index contributed by atoms with van der Waals surface area (Å²) in [6.07, 6.45) is 2.72. The summed E-state index contributed by atoms with van der Waals surface area (Å²) in [5.74, 6) is 4.33. The van der Waals surface area contributed by atoms with Crippen LogP contribution in [-0.4, -0.2) is 36.3 Å². The second kappa shape index (κ2) is 3.73. The van der Waals surface area contributed by atoms with E-state index in [1.165, 1.54) is 35.1 Å². The molecule has 12 heavy (non-hydrogen) atoms. The fourth-order valence-corrected chi connectivity index (χ4v) is 5.00. The van der Waals surface area contributed by atoms with Gasteiger partial charge in [-0.1, -0.05) is 19.9 Å². The van der Waals surface area contributed by atoms with Crippen LogP contribution in [0.4, 0.5) is 0 Å². The molecular formula is C10H21NS. The first-order chi connectivity index (χ1) is 5.62. The van der Waals surface area contributed by atoms with E-state index >= 15 is 0 Å². The highest BCUT2D eigenvalue weighted by Crippen LogP contribution is 2.67. The standard InChI is InChI=1S/C10H21NS/c1-5-6-7-12(8-9-12)10(2)11(3)4/h2,5-9H2,1,3-4H3. The van der Waals surface area contributed by atoms with Gasteiger partial charge in [0.05, 0.1) is 0 Å². The van der Waals surface area contributed by atoms with Crippen molar-refractivity contribution in [3.05, 3.63) is 11.6 Å². The Morgan fingerprint density at radius 3 is 2.33 bits per heavy atom. The summed E-state index contributed by atoms with van der Waals surface area (Å²) in [6, 6.07) is 0. The van der Waals surface area contributed by atoms with Gasteiger partial charge < -0.3 is 4.90 Å². The summed E-state index contributed by atoms with van der Waals surface area (Å²) in [5.41, 5.74) is 0. The molecule has 72 valence electrons. The molecule has 1 fully saturated rings. The lowest BCUT2D eigenvalue weighted by atomic mass is 10.4. The fraction of sp³-hybridized carbons (Fsp3) is 0.800. The molecule has 0 N–H and O–H groups in total. The van der Waals surface area contributed by atoms with Gasteiger partial charge in [-0.3, -0.25) is 0 Å². The van der Waals surface area contributed by atoms with Crippen LogP contribution in [0.15, 0.2) is 11.6 Å². The molecule has 0 atom stereocenters. The highest BCUT2D eigenvalue weighted by molar-refractivity contribution is 8.42. The van der Waals surface area contributed by atoms with Crippen molar-refractivity contribution in [2.24, 2.45) is 0 Å². The van der Waals surface area contributed by atoms with Crippen LogP contribution in [0.1, 0.15) is 19.8 Å². The van der Waals surface area contributed by atoms with Crippen LogP contribution in [0.2, 0.25) is 0 Å². The normalized spacial score (nSPS) is 21.6. The van der Waals surface area contributed by atoms with E-state index in [4.69, 9.17) is 0 Å². The minimum atomic E-state index is -0.340. The van der Waals surface area contributed by atoms with Crippen molar-refractivity contribution >= 4 is 10.0 Å². The molecule has 0 bridgehead atoms. The van der Waals surface area contributed by atoms with Crippen LogP contribution < -0.4 is 0 Å². The van der Waals surface area contributed by atoms with Crippen molar-refractivity contribution in [1.82, 2.24) is 4.90 Å². The van der Waals surface area contributed by atoms with E-state index in [2.05, 4.69) is 32.5 Å². The predicted octanol–water partition coefficient (Wildman–Crippen LogP) is 2.64. The Kier molecular flexibility index (Phi) is 3.10. The van der Waals surface area contributed by atoms with Gasteiger partial charge in [0, 0.05) is 19.1 Å². The first kappa shape index (κ1) is 9.97. The Bertz CT molecular complexity index is 171. The molecule has 0 aromatic carbocycles. The third-order valence-corrected chi connectivity index (χ3v) is 6.41. The summed E-state index contributed by atoms with van der Waals surface area (Å²) in [4.78, 5) is 2.22. The monoisotopic (exact) mass is 187 g/mol. The minimum absolute atomic E-state index is 0.340. The first-order valence-electron chi connectivity index (χ1n) is 4.75. The molecule has 1 nitrogen and oxygen atoms in total. The molecule has 0 aromatic rings. The van der Waals surface area contributed by atoms with Gasteiger partial charge in [0.2, 0.25) is 0 Å². The zero-order valence-corrected chi connectivity index (χ0v) is 9.41. The van der Waals surface area contributed by atoms with Crippen LogP contribution in [-0.2, 0) is 0 Å². The summed E-state index contributed by atoms with van der Waals surface area (Å²) < 4.78 is 0. The number of nitrogens with zero attached hydrogens (tertiary/aromatic N) is 1. The lowest BCUT2D eigenvalue weighted by molar-refractivity contribution is 0.550. The molecule has 1 rings (SSSR count). The van der Waals surface area contributed by atoms with E-state index in [1.54, 1.807) is 0 Å². The van der Waals surface area contributed by atoms with Gasteiger partial charge in [-0.25, -0.2) is 0 Å². The molecule has 1 heterocycles. The van der Waals surface area contributed by atoms with Gasteiger partial charge in [0.25, 0.3) is 0 Å². The second-order valence-electron chi connectivity index (χ2n) is 3.80. The van der Waals surface area contributed by atoms with E-state index in [-0.39, 0.29) is 10.0 Å². The van der Waals surface area contributed by atoms with E-state index < -0.39 is 0 Å². The van der Waals surface area contributed by atoms with Crippen molar-refractivity contribution in [3.63, 3.8) is 0 Å². The zero-order valence-electron chi connectivity index (χ0n) is 8.60. The highest BCUT2D eigenvalue weighted by Gasteiger charge is 2.39. The molecule has 1 aliphatic rings. The Hall–Kier alpha value is -0.110. The quantitative estimate of drug-likeness (QED) is 0.598. The Balaban J connectivity index is 2.43. The largest absolute Gasteiger partial charge is 0.374 e. The SMILES string of the molecule is C=C(N(C)C)S1(CCCC)CC1. The maximum absolute atomic E-state index is 4.20. The molecule has 1 aliphatic heterocycles. The van der Waals surface area contributed by atoms with Crippen molar-refractivity contribution in [2.45, 2.75) is 19.8 Å². The van der Waals surface area contributed by atoms with Gasteiger partial charge >= 0.3 is 0 Å². The van der Waals surface area contributed by atoms with E-state index in [9.17, 15) is 0 Å². The van der Waals surface area contributed by atoms with Crippen LogP contribution in [0.25, 0.3) is 0 Å². The van der Waals surface area contributed by atoms with Gasteiger partial charge in [-0.05, 0) is 23.7 Å². The average Bonchev–Trinajstić information content (AvgIpc) is 2.80. The highest BCUT2D eigenvalue weighted by atomic mass is 32.3. The van der Waals surface area contributed by atoms with Gasteiger partial charge in [-0.15, -0.1) is 0 Å². The van der Waals surface area contributed by atoms with Gasteiger partial charge in [0.15, 0.2) is 0 Å². The maximum Gasteiger partial charge on any atom is 0.0456 e. The molecule has 0 amide bonds. The summed E-state index contributed by atoms with van der Waals surface area (Å²) in [6.45, 7) is 6.48. The van der Waals surface area contributed by atoms with Crippen molar-refractivity contribution in [2.75, 3.05) is 31.4 Å². The topological polar surface area (TPSA) is 3.24 Å². The van der Waals surface area contributed by atoms with Crippen LogP contribution in [0.3, 0.4) is 0 Å². The van der Waals surface area contributed by atoms with Crippen LogP contribution in [0, 0.1) is 0 Å². The summed E-state index contributed by atoms with van der Waals surface area (Å²) in [5, 5.41) is 1.43. The molecule has 2 heteroatoms. The minimum Gasteiger partial charge on any atom is -0.374 e. The summed E-state index contributed by atoms with van der Waals surface area (Å²) in [7, 11) is 3.91. The van der Waals surface area contributed by atoms with Crippen LogP contribution >= 0.6 is 10.0 Å². The molecule has 0 radical (unpaired) electrons. The zero-order chi connectivity index (χ0) is 9.19. The molecule has 0 spiro atoms. The molecule has 0 unspecified atom stereocenters. The third kappa shape index (κ3) is 1.98. The number of hydrogen-bond acceptors (Lipinski definition) is 1. The fourth-order valence-electron chi connectivity index (χ4n) is 1.47. The third-order valence-electron chi connectivity index (χ3n) is 2.58. The smallest absolute Gasteiger partial charge is 0.0456 e. The Morgan fingerprint density at radius 1 is 1.42 bits per heavy atom. The van der Waals surface area contributed by atoms with E-state index in [1.807, 2.05) is 0 Å². The number of unbranched alkanes of at least 4 members (excludes halogenated alkanes) is 1. The molecule has 0 saturated carbocycles.